The fourth-order valence-electron chi connectivity index (χ4n) is 3.82. The fraction of sp³-hybridized carbons (Fsp3) is 0.389. The van der Waals surface area contributed by atoms with E-state index in [1.165, 1.54) is 11.3 Å². The lowest BCUT2D eigenvalue weighted by molar-refractivity contribution is -0.147. The molecule has 130 valence electrons. The molecule has 2 saturated heterocycles. The molecule has 2 aliphatic heterocycles. The summed E-state index contributed by atoms with van der Waals surface area (Å²) in [6.07, 6.45) is 0.787. The number of anilines is 1. The van der Waals surface area contributed by atoms with Crippen LogP contribution in [0.4, 0.5) is 5.13 Å². The third-order valence-corrected chi connectivity index (χ3v) is 6.05. The van der Waals surface area contributed by atoms with E-state index in [1.54, 1.807) is 0 Å². The molecule has 2 N–H and O–H groups in total. The summed E-state index contributed by atoms with van der Waals surface area (Å²) in [6, 6.07) is 9.85. The molecule has 4 rings (SSSR count). The number of carbonyl (C=O) groups excluding carboxylic acids is 1. The van der Waals surface area contributed by atoms with E-state index in [0.717, 1.165) is 22.6 Å². The highest BCUT2D eigenvalue weighted by molar-refractivity contribution is 7.19. The van der Waals surface area contributed by atoms with E-state index in [-0.39, 0.29) is 18.1 Å². The summed E-state index contributed by atoms with van der Waals surface area (Å²) in [6.45, 7) is 1.90. The molecule has 2 bridgehead atoms. The van der Waals surface area contributed by atoms with Crippen molar-refractivity contribution in [3.63, 3.8) is 0 Å². The molecule has 3 heterocycles. The first-order valence-corrected chi connectivity index (χ1v) is 9.08. The monoisotopic (exact) mass is 358 g/mol. The third-order valence-electron chi connectivity index (χ3n) is 4.92. The van der Waals surface area contributed by atoms with Gasteiger partial charge in [0.05, 0.1) is 34.6 Å². The number of aryl methyl sites for hydroxylation is 1. The second kappa shape index (κ2) is 6.24. The zero-order valence-electron chi connectivity index (χ0n) is 13.6. The normalized spacial score (nSPS) is 27.4. The summed E-state index contributed by atoms with van der Waals surface area (Å²) in [4.78, 5) is 29.6. The van der Waals surface area contributed by atoms with E-state index in [1.807, 2.05) is 37.3 Å². The molecule has 4 atom stereocenters. The summed E-state index contributed by atoms with van der Waals surface area (Å²) in [7, 11) is 0. The summed E-state index contributed by atoms with van der Waals surface area (Å²) in [5, 5.41) is 12.7. The molecule has 0 aliphatic carbocycles. The minimum absolute atomic E-state index is 0.305. The molecule has 1 aromatic heterocycles. The molecule has 1 aromatic carbocycles. The van der Waals surface area contributed by atoms with Gasteiger partial charge in [0.2, 0.25) is 5.91 Å². The van der Waals surface area contributed by atoms with Crippen molar-refractivity contribution in [3.8, 4) is 10.4 Å². The average molecular weight is 358 g/mol. The van der Waals surface area contributed by atoms with Crippen LogP contribution in [-0.2, 0) is 14.3 Å². The van der Waals surface area contributed by atoms with Crippen molar-refractivity contribution in [2.75, 3.05) is 5.32 Å². The SMILES string of the molecule is Cc1nc(NC(=O)[C@@H]2[C@H](C(=O)O)[C@H]3CC[C@H]2O3)sc1-c1ccccc1. The Balaban J connectivity index is 1.55. The largest absolute Gasteiger partial charge is 0.481 e. The number of hydrogen-bond donors (Lipinski definition) is 2. The molecule has 2 aromatic rings. The number of ether oxygens (including phenoxy) is 1. The van der Waals surface area contributed by atoms with Crippen LogP contribution in [0.5, 0.6) is 0 Å². The molecule has 7 heteroatoms. The van der Waals surface area contributed by atoms with Gasteiger partial charge in [-0.3, -0.25) is 9.59 Å². The second-order valence-corrected chi connectivity index (χ2v) is 7.47. The summed E-state index contributed by atoms with van der Waals surface area (Å²) < 4.78 is 5.66. The van der Waals surface area contributed by atoms with Crippen LogP contribution in [0.25, 0.3) is 10.4 Å². The Morgan fingerprint density at radius 2 is 1.88 bits per heavy atom. The van der Waals surface area contributed by atoms with Crippen LogP contribution < -0.4 is 5.32 Å². The van der Waals surface area contributed by atoms with Crippen molar-refractivity contribution >= 4 is 28.3 Å². The van der Waals surface area contributed by atoms with E-state index in [0.29, 0.717) is 11.6 Å². The van der Waals surface area contributed by atoms with E-state index in [9.17, 15) is 14.7 Å². The van der Waals surface area contributed by atoms with Crippen molar-refractivity contribution in [1.82, 2.24) is 4.98 Å². The van der Waals surface area contributed by atoms with Crippen LogP contribution in [0.1, 0.15) is 18.5 Å². The first-order valence-electron chi connectivity index (χ1n) is 8.26. The number of amides is 1. The number of benzene rings is 1. The van der Waals surface area contributed by atoms with Gasteiger partial charge in [-0.2, -0.15) is 0 Å². The maximum absolute atomic E-state index is 12.7. The van der Waals surface area contributed by atoms with E-state index in [2.05, 4.69) is 10.3 Å². The Morgan fingerprint density at radius 1 is 1.20 bits per heavy atom. The van der Waals surface area contributed by atoms with Crippen molar-refractivity contribution in [2.24, 2.45) is 11.8 Å². The number of fused-ring (bicyclic) bond motifs is 2. The molecule has 0 unspecified atom stereocenters. The van der Waals surface area contributed by atoms with Gasteiger partial charge in [-0.05, 0) is 25.3 Å². The lowest BCUT2D eigenvalue weighted by atomic mass is 9.79. The first kappa shape index (κ1) is 16.2. The van der Waals surface area contributed by atoms with Gasteiger partial charge in [0.15, 0.2) is 5.13 Å². The highest BCUT2D eigenvalue weighted by Crippen LogP contribution is 2.44. The number of carboxylic acid groups (broad SMARTS) is 1. The first-order chi connectivity index (χ1) is 12.0. The molecule has 1 amide bonds. The molecular weight excluding hydrogens is 340 g/mol. The molecular formula is C18H18N2O4S. The number of carbonyl (C=O) groups is 2. The van der Waals surface area contributed by atoms with E-state index in [4.69, 9.17) is 4.74 Å². The van der Waals surface area contributed by atoms with Crippen LogP contribution >= 0.6 is 11.3 Å². The van der Waals surface area contributed by atoms with Gasteiger partial charge in [0.1, 0.15) is 0 Å². The van der Waals surface area contributed by atoms with Gasteiger partial charge in [0.25, 0.3) is 0 Å². The molecule has 0 saturated carbocycles. The summed E-state index contributed by atoms with van der Waals surface area (Å²) in [5.41, 5.74) is 1.88. The average Bonchev–Trinajstić information content (AvgIpc) is 3.29. The van der Waals surface area contributed by atoms with Crippen molar-refractivity contribution < 1.29 is 19.4 Å². The van der Waals surface area contributed by atoms with Crippen molar-refractivity contribution in [1.29, 1.82) is 0 Å². The molecule has 0 radical (unpaired) electrons. The summed E-state index contributed by atoms with van der Waals surface area (Å²) in [5.74, 6) is -2.70. The van der Waals surface area contributed by atoms with Crippen molar-refractivity contribution in [3.05, 3.63) is 36.0 Å². The van der Waals surface area contributed by atoms with Gasteiger partial charge in [-0.15, -0.1) is 0 Å². The Morgan fingerprint density at radius 3 is 2.56 bits per heavy atom. The Labute approximate surface area is 148 Å². The smallest absolute Gasteiger partial charge is 0.310 e. The van der Waals surface area contributed by atoms with Gasteiger partial charge >= 0.3 is 5.97 Å². The lowest BCUT2D eigenvalue weighted by Crippen LogP contribution is -2.40. The van der Waals surface area contributed by atoms with Crippen molar-refractivity contribution in [2.45, 2.75) is 32.0 Å². The zero-order chi connectivity index (χ0) is 17.6. The minimum atomic E-state index is -0.965. The molecule has 2 aliphatic rings. The van der Waals surface area contributed by atoms with Crippen LogP contribution in [0.15, 0.2) is 30.3 Å². The quantitative estimate of drug-likeness (QED) is 0.877. The number of nitrogens with one attached hydrogen (secondary N) is 1. The number of thiazole rings is 1. The number of aromatic nitrogens is 1. The van der Waals surface area contributed by atoms with Gasteiger partial charge < -0.3 is 15.2 Å². The molecule has 6 nitrogen and oxygen atoms in total. The van der Waals surface area contributed by atoms with E-state index < -0.39 is 17.8 Å². The van der Waals surface area contributed by atoms with Gasteiger partial charge in [-0.1, -0.05) is 41.7 Å². The number of rotatable bonds is 4. The van der Waals surface area contributed by atoms with Crippen LogP contribution in [0.2, 0.25) is 0 Å². The number of nitrogens with zero attached hydrogens (tertiary/aromatic N) is 1. The van der Waals surface area contributed by atoms with Gasteiger partial charge in [-0.25, -0.2) is 4.98 Å². The summed E-state index contributed by atoms with van der Waals surface area (Å²) >= 11 is 1.40. The predicted molar refractivity (Wildman–Crippen MR) is 93.4 cm³/mol. The molecule has 25 heavy (non-hydrogen) atoms. The zero-order valence-corrected chi connectivity index (χ0v) is 14.5. The van der Waals surface area contributed by atoms with Crippen LogP contribution in [0.3, 0.4) is 0 Å². The highest BCUT2D eigenvalue weighted by Gasteiger charge is 2.55. The van der Waals surface area contributed by atoms with Crippen LogP contribution in [-0.4, -0.2) is 34.2 Å². The topological polar surface area (TPSA) is 88.5 Å². The minimum Gasteiger partial charge on any atom is -0.481 e. The second-order valence-electron chi connectivity index (χ2n) is 6.47. The maximum Gasteiger partial charge on any atom is 0.310 e. The Bertz CT molecular complexity index is 820. The number of carboxylic acids is 1. The predicted octanol–water partition coefficient (Wildman–Crippen LogP) is 2.94. The number of aliphatic carboxylic acids is 1. The highest BCUT2D eigenvalue weighted by atomic mass is 32.1. The standard InChI is InChI=1S/C18H18N2O4S/c1-9-15(10-5-3-2-4-6-10)25-18(19-9)20-16(21)13-11-7-8-12(24-11)14(13)17(22)23/h2-6,11-14H,7-8H2,1H3,(H,22,23)(H,19,20,21)/t11-,12-,13+,14-/m1/s1. The molecule has 2 fully saturated rings. The van der Waals surface area contributed by atoms with Gasteiger partial charge in [0, 0.05) is 0 Å². The maximum atomic E-state index is 12.7. The Hall–Kier alpha value is -2.25. The van der Waals surface area contributed by atoms with Crippen LogP contribution in [0, 0.1) is 18.8 Å². The lowest BCUT2D eigenvalue weighted by Gasteiger charge is -2.23. The fourth-order valence-corrected chi connectivity index (χ4v) is 4.80. The van der Waals surface area contributed by atoms with E-state index >= 15 is 0 Å². The molecule has 0 spiro atoms. The third kappa shape index (κ3) is 2.83. The number of hydrogen-bond acceptors (Lipinski definition) is 5. The Kier molecular flexibility index (Phi) is 4.05.